The quantitative estimate of drug-likeness (QED) is 0.766. The van der Waals surface area contributed by atoms with Gasteiger partial charge in [0.15, 0.2) is 0 Å². The molecule has 2 amide bonds. The van der Waals surface area contributed by atoms with E-state index in [1.165, 1.54) is 25.7 Å². The first-order valence-electron chi connectivity index (χ1n) is 6.46. The molecule has 0 radical (unpaired) electrons. The molecule has 2 rings (SSSR count). The van der Waals surface area contributed by atoms with Crippen LogP contribution in [0.25, 0.3) is 0 Å². The second-order valence-corrected chi connectivity index (χ2v) is 4.90. The summed E-state index contributed by atoms with van der Waals surface area (Å²) in [4.78, 5) is 11.5. The molecule has 0 spiro atoms. The van der Waals surface area contributed by atoms with Gasteiger partial charge in [-0.2, -0.15) is 0 Å². The molecule has 2 aliphatic rings. The number of hydrogen-bond acceptors (Lipinski definition) is 2. The van der Waals surface area contributed by atoms with Crippen molar-refractivity contribution in [3.05, 3.63) is 0 Å². The molecule has 1 heterocycles. The molecule has 2 N–H and O–H groups in total. The van der Waals surface area contributed by atoms with E-state index < -0.39 is 0 Å². The Kier molecular flexibility index (Phi) is 4.45. The summed E-state index contributed by atoms with van der Waals surface area (Å²) in [5.74, 6) is 0.843. The van der Waals surface area contributed by atoms with Crippen molar-refractivity contribution in [3.8, 4) is 0 Å². The monoisotopic (exact) mass is 226 g/mol. The average molecular weight is 226 g/mol. The van der Waals surface area contributed by atoms with Crippen LogP contribution in [-0.4, -0.2) is 31.8 Å². The summed E-state index contributed by atoms with van der Waals surface area (Å²) in [6.07, 6.45) is 7.51. The van der Waals surface area contributed by atoms with Crippen molar-refractivity contribution in [2.75, 3.05) is 19.8 Å². The molecule has 1 unspecified atom stereocenters. The zero-order chi connectivity index (χ0) is 11.2. The predicted molar refractivity (Wildman–Crippen MR) is 62.3 cm³/mol. The van der Waals surface area contributed by atoms with Crippen molar-refractivity contribution in [2.24, 2.45) is 5.92 Å². The molecule has 1 aliphatic heterocycles. The van der Waals surface area contributed by atoms with Gasteiger partial charge in [0.1, 0.15) is 0 Å². The predicted octanol–water partition coefficient (Wildman–Crippen LogP) is 1.65. The summed E-state index contributed by atoms with van der Waals surface area (Å²) in [5, 5.41) is 5.86. The van der Waals surface area contributed by atoms with Gasteiger partial charge in [-0.15, -0.1) is 0 Å². The molecule has 0 aromatic carbocycles. The van der Waals surface area contributed by atoms with Crippen LogP contribution < -0.4 is 10.6 Å². The molecule has 1 aliphatic carbocycles. The number of carbonyl (C=O) groups excluding carboxylic acids is 1. The van der Waals surface area contributed by atoms with Crippen LogP contribution in [0, 0.1) is 5.92 Å². The third-order valence-corrected chi connectivity index (χ3v) is 3.58. The SMILES string of the molecule is O=C(NCCC1CCCC1)NC1CCOC1. The highest BCUT2D eigenvalue weighted by molar-refractivity contribution is 5.74. The molecule has 1 atom stereocenters. The van der Waals surface area contributed by atoms with Gasteiger partial charge in [0.25, 0.3) is 0 Å². The lowest BCUT2D eigenvalue weighted by Crippen LogP contribution is -2.42. The zero-order valence-corrected chi connectivity index (χ0v) is 9.84. The Morgan fingerprint density at radius 3 is 2.75 bits per heavy atom. The number of urea groups is 1. The van der Waals surface area contributed by atoms with Crippen LogP contribution in [0.3, 0.4) is 0 Å². The fourth-order valence-corrected chi connectivity index (χ4v) is 2.57. The van der Waals surface area contributed by atoms with Crippen LogP contribution in [0.5, 0.6) is 0 Å². The maximum Gasteiger partial charge on any atom is 0.315 e. The first kappa shape index (κ1) is 11.7. The van der Waals surface area contributed by atoms with E-state index in [-0.39, 0.29) is 12.1 Å². The smallest absolute Gasteiger partial charge is 0.315 e. The second kappa shape index (κ2) is 6.09. The van der Waals surface area contributed by atoms with Gasteiger partial charge in [0.05, 0.1) is 12.6 Å². The number of rotatable bonds is 4. The lowest BCUT2D eigenvalue weighted by molar-refractivity contribution is 0.188. The van der Waals surface area contributed by atoms with Gasteiger partial charge in [-0.1, -0.05) is 25.7 Å². The fourth-order valence-electron chi connectivity index (χ4n) is 2.57. The van der Waals surface area contributed by atoms with E-state index in [1.807, 2.05) is 0 Å². The lowest BCUT2D eigenvalue weighted by atomic mass is 10.0. The number of amides is 2. The summed E-state index contributed by atoms with van der Waals surface area (Å²) in [7, 11) is 0. The molecule has 4 nitrogen and oxygen atoms in total. The Morgan fingerprint density at radius 1 is 1.25 bits per heavy atom. The summed E-state index contributed by atoms with van der Waals surface area (Å²) in [6.45, 7) is 2.24. The van der Waals surface area contributed by atoms with Crippen molar-refractivity contribution in [3.63, 3.8) is 0 Å². The van der Waals surface area contributed by atoms with Gasteiger partial charge in [-0.25, -0.2) is 4.79 Å². The van der Waals surface area contributed by atoms with Gasteiger partial charge in [-0.3, -0.25) is 0 Å². The van der Waals surface area contributed by atoms with E-state index in [1.54, 1.807) is 0 Å². The van der Waals surface area contributed by atoms with Gasteiger partial charge < -0.3 is 15.4 Å². The minimum Gasteiger partial charge on any atom is -0.379 e. The van der Waals surface area contributed by atoms with E-state index in [4.69, 9.17) is 4.74 Å². The molecule has 16 heavy (non-hydrogen) atoms. The fraction of sp³-hybridized carbons (Fsp3) is 0.917. The van der Waals surface area contributed by atoms with E-state index in [0.29, 0.717) is 6.61 Å². The third-order valence-electron chi connectivity index (χ3n) is 3.58. The highest BCUT2D eigenvalue weighted by Gasteiger charge is 2.18. The third kappa shape index (κ3) is 3.67. The van der Waals surface area contributed by atoms with E-state index in [9.17, 15) is 4.79 Å². The van der Waals surface area contributed by atoms with Gasteiger partial charge in [0, 0.05) is 13.2 Å². The molecule has 0 aromatic heterocycles. The standard InChI is InChI=1S/C12H22N2O2/c15-12(14-11-6-8-16-9-11)13-7-5-10-3-1-2-4-10/h10-11H,1-9H2,(H2,13,14,15). The van der Waals surface area contributed by atoms with E-state index in [0.717, 1.165) is 31.9 Å². The van der Waals surface area contributed by atoms with Crippen LogP contribution in [0.1, 0.15) is 38.5 Å². The van der Waals surface area contributed by atoms with Crippen LogP contribution in [0.15, 0.2) is 0 Å². The zero-order valence-electron chi connectivity index (χ0n) is 9.84. The Balaban J connectivity index is 1.52. The average Bonchev–Trinajstić information content (AvgIpc) is 2.90. The van der Waals surface area contributed by atoms with E-state index in [2.05, 4.69) is 10.6 Å². The van der Waals surface area contributed by atoms with Gasteiger partial charge in [0.2, 0.25) is 0 Å². The lowest BCUT2D eigenvalue weighted by Gasteiger charge is -2.13. The van der Waals surface area contributed by atoms with Crippen LogP contribution in [0.2, 0.25) is 0 Å². The Bertz CT molecular complexity index is 221. The van der Waals surface area contributed by atoms with Gasteiger partial charge >= 0.3 is 6.03 Å². The molecular formula is C12H22N2O2. The molecule has 4 heteroatoms. The number of carbonyl (C=O) groups is 1. The number of ether oxygens (including phenoxy) is 1. The van der Waals surface area contributed by atoms with Crippen LogP contribution >= 0.6 is 0 Å². The minimum atomic E-state index is -0.0338. The molecule has 1 saturated carbocycles. The summed E-state index contributed by atoms with van der Waals surface area (Å²) < 4.78 is 5.20. The second-order valence-electron chi connectivity index (χ2n) is 4.90. The maximum absolute atomic E-state index is 11.5. The summed E-state index contributed by atoms with van der Waals surface area (Å²) in [6, 6.07) is 0.181. The summed E-state index contributed by atoms with van der Waals surface area (Å²) >= 11 is 0. The normalized spacial score (nSPS) is 25.9. The largest absolute Gasteiger partial charge is 0.379 e. The number of nitrogens with one attached hydrogen (secondary N) is 2. The molecule has 1 saturated heterocycles. The maximum atomic E-state index is 11.5. The van der Waals surface area contributed by atoms with Crippen molar-refractivity contribution < 1.29 is 9.53 Å². The molecule has 0 aromatic rings. The number of hydrogen-bond donors (Lipinski definition) is 2. The highest BCUT2D eigenvalue weighted by atomic mass is 16.5. The Labute approximate surface area is 97.1 Å². The Morgan fingerprint density at radius 2 is 2.06 bits per heavy atom. The minimum absolute atomic E-state index is 0.0338. The highest BCUT2D eigenvalue weighted by Crippen LogP contribution is 2.26. The molecular weight excluding hydrogens is 204 g/mol. The summed E-state index contributed by atoms with van der Waals surface area (Å²) in [5.41, 5.74) is 0. The molecule has 2 fully saturated rings. The van der Waals surface area contributed by atoms with Crippen molar-refractivity contribution in [1.29, 1.82) is 0 Å². The first-order valence-corrected chi connectivity index (χ1v) is 6.46. The van der Waals surface area contributed by atoms with Crippen molar-refractivity contribution in [2.45, 2.75) is 44.6 Å². The molecule has 92 valence electrons. The van der Waals surface area contributed by atoms with Crippen molar-refractivity contribution in [1.82, 2.24) is 10.6 Å². The van der Waals surface area contributed by atoms with Crippen LogP contribution in [-0.2, 0) is 4.74 Å². The van der Waals surface area contributed by atoms with Crippen molar-refractivity contribution >= 4 is 6.03 Å². The molecule has 0 bridgehead atoms. The first-order chi connectivity index (χ1) is 7.84. The topological polar surface area (TPSA) is 50.4 Å². The van der Waals surface area contributed by atoms with Crippen LogP contribution in [0.4, 0.5) is 4.79 Å². The Hall–Kier alpha value is -0.770. The van der Waals surface area contributed by atoms with Gasteiger partial charge in [-0.05, 0) is 18.8 Å². The van der Waals surface area contributed by atoms with E-state index >= 15 is 0 Å².